The summed E-state index contributed by atoms with van der Waals surface area (Å²) < 4.78 is 1.74. The lowest BCUT2D eigenvalue weighted by atomic mass is 10.1. The van der Waals surface area contributed by atoms with Crippen molar-refractivity contribution in [2.24, 2.45) is 0 Å². The minimum Gasteiger partial charge on any atom is -0.312 e. The Kier molecular flexibility index (Phi) is 1.66. The van der Waals surface area contributed by atoms with Crippen LogP contribution in [0.1, 0.15) is 26.5 Å². The van der Waals surface area contributed by atoms with Crippen molar-refractivity contribution < 1.29 is 0 Å². The maximum absolute atomic E-state index is 11.2. The number of H-pyrrole nitrogens is 1. The van der Waals surface area contributed by atoms with Crippen LogP contribution in [-0.2, 0) is 5.54 Å². The van der Waals surface area contributed by atoms with E-state index < -0.39 is 0 Å². The first-order valence-electron chi connectivity index (χ1n) is 3.70. The Bertz CT molecular complexity index is 301. The molecule has 1 rings (SSSR count). The molecular weight excluding hydrogens is 140 g/mol. The Morgan fingerprint density at radius 1 is 1.45 bits per heavy atom. The van der Waals surface area contributed by atoms with Crippen LogP contribution in [-0.4, -0.2) is 9.55 Å². The van der Waals surface area contributed by atoms with E-state index in [1.54, 1.807) is 10.8 Å². The van der Waals surface area contributed by atoms with E-state index in [1.165, 1.54) is 0 Å². The zero-order chi connectivity index (χ0) is 8.65. The first-order valence-corrected chi connectivity index (χ1v) is 3.70. The largest absolute Gasteiger partial charge is 0.326 e. The molecule has 0 unspecified atom stereocenters. The molecule has 0 atom stereocenters. The second-order valence-electron chi connectivity index (χ2n) is 3.74. The molecule has 0 amide bonds. The molecular formula is C8H14N2O. The average molecular weight is 154 g/mol. The van der Waals surface area contributed by atoms with Gasteiger partial charge in [0.15, 0.2) is 0 Å². The van der Waals surface area contributed by atoms with Crippen molar-refractivity contribution in [2.45, 2.75) is 33.2 Å². The summed E-state index contributed by atoms with van der Waals surface area (Å²) in [5.74, 6) is 0. The van der Waals surface area contributed by atoms with Gasteiger partial charge >= 0.3 is 5.69 Å². The molecule has 3 nitrogen and oxygen atoms in total. The van der Waals surface area contributed by atoms with Gasteiger partial charge in [0.2, 0.25) is 0 Å². The fraction of sp³-hybridized carbons (Fsp3) is 0.625. The van der Waals surface area contributed by atoms with Crippen molar-refractivity contribution in [2.75, 3.05) is 0 Å². The van der Waals surface area contributed by atoms with Gasteiger partial charge in [0.1, 0.15) is 0 Å². The van der Waals surface area contributed by atoms with Gasteiger partial charge in [0.05, 0.1) is 0 Å². The summed E-state index contributed by atoms with van der Waals surface area (Å²) in [5.41, 5.74) is 0.818. The summed E-state index contributed by atoms with van der Waals surface area (Å²) in [4.78, 5) is 13.8. The maximum Gasteiger partial charge on any atom is 0.326 e. The lowest BCUT2D eigenvalue weighted by Gasteiger charge is -2.21. The van der Waals surface area contributed by atoms with Crippen molar-refractivity contribution in [1.82, 2.24) is 9.55 Å². The summed E-state index contributed by atoms with van der Waals surface area (Å²) >= 11 is 0. The minimum absolute atomic E-state index is 0.0324. The first kappa shape index (κ1) is 8.11. The second-order valence-corrected chi connectivity index (χ2v) is 3.74. The van der Waals surface area contributed by atoms with Crippen molar-refractivity contribution >= 4 is 0 Å². The van der Waals surface area contributed by atoms with Gasteiger partial charge in [-0.3, -0.25) is 4.57 Å². The molecule has 1 N–H and O–H groups in total. The van der Waals surface area contributed by atoms with Gasteiger partial charge in [0.25, 0.3) is 0 Å². The SMILES string of the molecule is Cc1c[nH]c(=O)n1C(C)(C)C. The quantitative estimate of drug-likeness (QED) is 0.599. The summed E-state index contributed by atoms with van der Waals surface area (Å²) in [7, 11) is 0. The van der Waals surface area contributed by atoms with Gasteiger partial charge in [-0.05, 0) is 27.7 Å². The van der Waals surface area contributed by atoms with E-state index >= 15 is 0 Å². The number of rotatable bonds is 0. The average Bonchev–Trinajstić information content (AvgIpc) is 2.08. The van der Waals surface area contributed by atoms with E-state index in [9.17, 15) is 4.79 Å². The highest BCUT2D eigenvalue weighted by Crippen LogP contribution is 2.12. The van der Waals surface area contributed by atoms with Crippen molar-refractivity contribution in [3.63, 3.8) is 0 Å². The molecule has 0 saturated heterocycles. The molecule has 62 valence electrons. The van der Waals surface area contributed by atoms with E-state index in [-0.39, 0.29) is 11.2 Å². The van der Waals surface area contributed by atoms with Crippen LogP contribution >= 0.6 is 0 Å². The van der Waals surface area contributed by atoms with Gasteiger partial charge in [-0.15, -0.1) is 0 Å². The number of hydrogen-bond donors (Lipinski definition) is 1. The van der Waals surface area contributed by atoms with Crippen LogP contribution in [0.4, 0.5) is 0 Å². The Morgan fingerprint density at radius 2 is 2.00 bits per heavy atom. The smallest absolute Gasteiger partial charge is 0.312 e. The molecule has 0 aliphatic carbocycles. The Hall–Kier alpha value is -0.990. The third kappa shape index (κ3) is 1.37. The fourth-order valence-corrected chi connectivity index (χ4v) is 1.29. The topological polar surface area (TPSA) is 37.8 Å². The van der Waals surface area contributed by atoms with E-state index in [0.717, 1.165) is 5.69 Å². The van der Waals surface area contributed by atoms with Crippen molar-refractivity contribution in [3.05, 3.63) is 22.4 Å². The van der Waals surface area contributed by atoms with Gasteiger partial charge < -0.3 is 4.98 Å². The third-order valence-corrected chi connectivity index (χ3v) is 1.63. The van der Waals surface area contributed by atoms with E-state index in [1.807, 2.05) is 27.7 Å². The normalized spacial score (nSPS) is 12.0. The van der Waals surface area contributed by atoms with Crippen LogP contribution in [0.15, 0.2) is 11.0 Å². The van der Waals surface area contributed by atoms with Crippen LogP contribution in [0.3, 0.4) is 0 Å². The second kappa shape index (κ2) is 2.26. The maximum atomic E-state index is 11.2. The third-order valence-electron chi connectivity index (χ3n) is 1.63. The molecule has 0 spiro atoms. The zero-order valence-corrected chi connectivity index (χ0v) is 7.43. The Balaban J connectivity index is 3.33. The molecule has 3 heteroatoms. The highest BCUT2D eigenvalue weighted by molar-refractivity contribution is 4.98. The van der Waals surface area contributed by atoms with Gasteiger partial charge in [-0.1, -0.05) is 0 Å². The van der Waals surface area contributed by atoms with Gasteiger partial charge in [0, 0.05) is 17.4 Å². The van der Waals surface area contributed by atoms with Crippen LogP contribution in [0.2, 0.25) is 0 Å². The lowest BCUT2D eigenvalue weighted by Crippen LogP contribution is -2.32. The molecule has 0 aromatic carbocycles. The summed E-state index contributed by atoms with van der Waals surface area (Å²) in [6.45, 7) is 7.95. The number of aromatic amines is 1. The molecule has 11 heavy (non-hydrogen) atoms. The van der Waals surface area contributed by atoms with E-state index in [2.05, 4.69) is 4.98 Å². The fourth-order valence-electron chi connectivity index (χ4n) is 1.29. The Morgan fingerprint density at radius 3 is 2.18 bits per heavy atom. The first-order chi connectivity index (χ1) is 4.93. The molecule has 0 fully saturated rings. The summed E-state index contributed by atoms with van der Waals surface area (Å²) in [6.07, 6.45) is 1.73. The molecule has 1 aromatic rings. The van der Waals surface area contributed by atoms with Crippen LogP contribution in [0.5, 0.6) is 0 Å². The van der Waals surface area contributed by atoms with Crippen LogP contribution in [0, 0.1) is 6.92 Å². The molecule has 1 heterocycles. The number of nitrogens with one attached hydrogen (secondary N) is 1. The Labute approximate surface area is 66.1 Å². The van der Waals surface area contributed by atoms with Gasteiger partial charge in [-0.2, -0.15) is 0 Å². The number of hydrogen-bond acceptors (Lipinski definition) is 1. The van der Waals surface area contributed by atoms with E-state index in [0.29, 0.717) is 0 Å². The molecule has 0 bridgehead atoms. The summed E-state index contributed by atoms with van der Waals surface area (Å²) in [6, 6.07) is 0. The van der Waals surface area contributed by atoms with Gasteiger partial charge in [-0.25, -0.2) is 4.79 Å². The number of imidazole rings is 1. The number of nitrogens with zero attached hydrogens (tertiary/aromatic N) is 1. The molecule has 0 aliphatic heterocycles. The number of aryl methyl sites for hydroxylation is 1. The standard InChI is InChI=1S/C8H14N2O/c1-6-5-9-7(11)10(6)8(2,3)4/h5H,1-4H3,(H,9,11). The lowest BCUT2D eigenvalue weighted by molar-refractivity contribution is 0.378. The number of aromatic nitrogens is 2. The zero-order valence-electron chi connectivity index (χ0n) is 7.43. The monoisotopic (exact) mass is 154 g/mol. The van der Waals surface area contributed by atoms with Crippen LogP contribution < -0.4 is 5.69 Å². The molecule has 0 saturated carbocycles. The summed E-state index contributed by atoms with van der Waals surface area (Å²) in [5, 5.41) is 0. The molecule has 0 aliphatic rings. The predicted octanol–water partition coefficient (Wildman–Crippen LogP) is 1.24. The molecule has 1 aromatic heterocycles. The minimum atomic E-state index is -0.124. The predicted molar refractivity (Wildman–Crippen MR) is 44.8 cm³/mol. The molecule has 0 radical (unpaired) electrons. The highest BCUT2D eigenvalue weighted by Gasteiger charge is 2.16. The van der Waals surface area contributed by atoms with Crippen molar-refractivity contribution in [3.8, 4) is 0 Å². The van der Waals surface area contributed by atoms with Crippen molar-refractivity contribution in [1.29, 1.82) is 0 Å². The highest BCUT2D eigenvalue weighted by atomic mass is 16.1. The van der Waals surface area contributed by atoms with Crippen LogP contribution in [0.25, 0.3) is 0 Å². The van der Waals surface area contributed by atoms with E-state index in [4.69, 9.17) is 0 Å².